The van der Waals surface area contributed by atoms with Crippen molar-refractivity contribution in [1.82, 2.24) is 0 Å². The van der Waals surface area contributed by atoms with E-state index in [2.05, 4.69) is 5.32 Å². The molecule has 0 bridgehead atoms. The molecule has 2 atom stereocenters. The number of carboxylic acids is 1. The molecule has 2 aromatic carbocycles. The Morgan fingerprint density at radius 3 is 2.12 bits per heavy atom. The minimum Gasteiger partial charge on any atom is -0.481 e. The maximum absolute atomic E-state index is 12.2. The van der Waals surface area contributed by atoms with E-state index in [0.29, 0.717) is 17.0 Å². The fourth-order valence-corrected chi connectivity index (χ4v) is 2.12. The van der Waals surface area contributed by atoms with Gasteiger partial charge in [-0.1, -0.05) is 29.8 Å². The number of benzene rings is 2. The summed E-state index contributed by atoms with van der Waals surface area (Å²) >= 11 is 0. The summed E-state index contributed by atoms with van der Waals surface area (Å²) < 4.78 is 5.61. The van der Waals surface area contributed by atoms with E-state index in [1.165, 1.54) is 0 Å². The van der Waals surface area contributed by atoms with E-state index in [4.69, 9.17) is 9.84 Å². The van der Waals surface area contributed by atoms with Crippen LogP contribution in [0.3, 0.4) is 0 Å². The van der Waals surface area contributed by atoms with Crippen LogP contribution in [0.1, 0.15) is 30.9 Å². The normalized spacial score (nSPS) is 13.0. The van der Waals surface area contributed by atoms with Gasteiger partial charge in [0.15, 0.2) is 6.10 Å². The number of amides is 1. The predicted octanol–water partition coefficient (Wildman–Crippen LogP) is 3.59. The van der Waals surface area contributed by atoms with Crippen molar-refractivity contribution in [2.24, 2.45) is 0 Å². The van der Waals surface area contributed by atoms with E-state index in [9.17, 15) is 9.59 Å². The second-order valence-electron chi connectivity index (χ2n) is 5.74. The Kier molecular flexibility index (Phi) is 5.58. The molecule has 0 saturated heterocycles. The summed E-state index contributed by atoms with van der Waals surface area (Å²) in [6.45, 7) is 5.28. The third-order valence-electron chi connectivity index (χ3n) is 3.75. The number of carbonyl (C=O) groups excluding carboxylic acids is 1. The van der Waals surface area contributed by atoms with Crippen molar-refractivity contribution in [3.63, 3.8) is 0 Å². The SMILES string of the molecule is Cc1ccc(OC(C)C(=O)Nc2ccc(C(C)C(=O)O)cc2)cc1. The number of aliphatic carboxylic acids is 1. The summed E-state index contributed by atoms with van der Waals surface area (Å²) in [6, 6.07) is 14.2. The van der Waals surface area contributed by atoms with Crippen molar-refractivity contribution < 1.29 is 19.4 Å². The van der Waals surface area contributed by atoms with E-state index in [-0.39, 0.29) is 5.91 Å². The molecule has 0 aliphatic carbocycles. The maximum Gasteiger partial charge on any atom is 0.310 e. The monoisotopic (exact) mass is 327 g/mol. The highest BCUT2D eigenvalue weighted by molar-refractivity contribution is 5.94. The van der Waals surface area contributed by atoms with Crippen molar-refractivity contribution in [2.45, 2.75) is 32.8 Å². The van der Waals surface area contributed by atoms with Crippen LogP contribution < -0.4 is 10.1 Å². The van der Waals surface area contributed by atoms with Crippen LogP contribution >= 0.6 is 0 Å². The predicted molar refractivity (Wildman–Crippen MR) is 92.4 cm³/mol. The number of rotatable bonds is 6. The Bertz CT molecular complexity index is 707. The van der Waals surface area contributed by atoms with Gasteiger partial charge in [-0.2, -0.15) is 0 Å². The quantitative estimate of drug-likeness (QED) is 0.850. The molecule has 24 heavy (non-hydrogen) atoms. The number of anilines is 1. The van der Waals surface area contributed by atoms with Crippen molar-refractivity contribution >= 4 is 17.6 Å². The number of ether oxygens (including phenoxy) is 1. The van der Waals surface area contributed by atoms with Gasteiger partial charge in [0, 0.05) is 5.69 Å². The largest absolute Gasteiger partial charge is 0.481 e. The van der Waals surface area contributed by atoms with Crippen LogP contribution in [-0.4, -0.2) is 23.1 Å². The van der Waals surface area contributed by atoms with E-state index in [1.54, 1.807) is 38.1 Å². The topological polar surface area (TPSA) is 75.6 Å². The summed E-state index contributed by atoms with van der Waals surface area (Å²) in [7, 11) is 0. The van der Waals surface area contributed by atoms with Crippen LogP contribution in [0.25, 0.3) is 0 Å². The molecule has 0 saturated carbocycles. The lowest BCUT2D eigenvalue weighted by Gasteiger charge is -2.15. The van der Waals surface area contributed by atoms with Gasteiger partial charge in [-0.15, -0.1) is 0 Å². The summed E-state index contributed by atoms with van der Waals surface area (Å²) in [5.74, 6) is -1.10. The van der Waals surface area contributed by atoms with Gasteiger partial charge in [-0.3, -0.25) is 9.59 Å². The first-order valence-electron chi connectivity index (χ1n) is 7.74. The zero-order chi connectivity index (χ0) is 17.7. The van der Waals surface area contributed by atoms with Crippen molar-refractivity contribution in [3.8, 4) is 5.75 Å². The molecule has 0 radical (unpaired) electrons. The van der Waals surface area contributed by atoms with Gasteiger partial charge in [0.25, 0.3) is 5.91 Å². The highest BCUT2D eigenvalue weighted by Gasteiger charge is 2.16. The molecule has 2 rings (SSSR count). The summed E-state index contributed by atoms with van der Waals surface area (Å²) in [5.41, 5.74) is 2.40. The Hall–Kier alpha value is -2.82. The first-order valence-corrected chi connectivity index (χ1v) is 7.74. The van der Waals surface area contributed by atoms with Gasteiger partial charge in [0.1, 0.15) is 5.75 Å². The minimum atomic E-state index is -0.882. The van der Waals surface area contributed by atoms with Crippen LogP contribution in [-0.2, 0) is 9.59 Å². The van der Waals surface area contributed by atoms with Gasteiger partial charge < -0.3 is 15.2 Å². The zero-order valence-corrected chi connectivity index (χ0v) is 13.9. The van der Waals surface area contributed by atoms with E-state index >= 15 is 0 Å². The summed E-state index contributed by atoms with van der Waals surface area (Å²) in [6.07, 6.45) is -0.648. The molecule has 1 amide bonds. The molecule has 2 N–H and O–H groups in total. The number of carbonyl (C=O) groups is 2. The Balaban J connectivity index is 1.95. The average Bonchev–Trinajstić information content (AvgIpc) is 2.56. The smallest absolute Gasteiger partial charge is 0.310 e. The van der Waals surface area contributed by atoms with Crippen LogP contribution in [0.5, 0.6) is 5.75 Å². The molecule has 5 nitrogen and oxygen atoms in total. The van der Waals surface area contributed by atoms with E-state index in [0.717, 1.165) is 5.56 Å². The van der Waals surface area contributed by atoms with Crippen molar-refractivity contribution in [2.75, 3.05) is 5.32 Å². The fraction of sp³-hybridized carbons (Fsp3) is 0.263. The standard InChI is InChI=1S/C19H21NO4/c1-12-4-10-17(11-5-12)24-14(3)18(21)20-16-8-6-15(7-9-16)13(2)19(22)23/h4-11,13-14H,1-3H3,(H,20,21)(H,22,23). The lowest BCUT2D eigenvalue weighted by molar-refractivity contribution is -0.138. The van der Waals surface area contributed by atoms with Crippen molar-refractivity contribution in [3.05, 3.63) is 59.7 Å². The molecule has 0 spiro atoms. The molecular formula is C19H21NO4. The summed E-state index contributed by atoms with van der Waals surface area (Å²) in [5, 5.41) is 11.8. The lowest BCUT2D eigenvalue weighted by Crippen LogP contribution is -2.30. The number of hydrogen-bond donors (Lipinski definition) is 2. The molecule has 0 heterocycles. The molecule has 5 heteroatoms. The molecule has 0 aliphatic heterocycles. The number of carboxylic acid groups (broad SMARTS) is 1. The zero-order valence-electron chi connectivity index (χ0n) is 13.9. The number of hydrogen-bond acceptors (Lipinski definition) is 3. The molecule has 126 valence electrons. The highest BCUT2D eigenvalue weighted by Crippen LogP contribution is 2.19. The lowest BCUT2D eigenvalue weighted by atomic mass is 10.0. The van der Waals surface area contributed by atoms with Gasteiger partial charge in [-0.25, -0.2) is 0 Å². The van der Waals surface area contributed by atoms with Crippen LogP contribution in [0.15, 0.2) is 48.5 Å². The molecule has 0 aromatic heterocycles. The van der Waals surface area contributed by atoms with Crippen molar-refractivity contribution in [1.29, 1.82) is 0 Å². The average molecular weight is 327 g/mol. The molecule has 0 aliphatic rings. The van der Waals surface area contributed by atoms with Gasteiger partial charge >= 0.3 is 5.97 Å². The van der Waals surface area contributed by atoms with Gasteiger partial charge in [0.2, 0.25) is 0 Å². The van der Waals surface area contributed by atoms with Crippen LogP contribution in [0.2, 0.25) is 0 Å². The maximum atomic E-state index is 12.2. The van der Waals surface area contributed by atoms with E-state index < -0.39 is 18.0 Å². The third kappa shape index (κ3) is 4.59. The molecular weight excluding hydrogens is 306 g/mol. The Labute approximate surface area is 141 Å². The second-order valence-corrected chi connectivity index (χ2v) is 5.74. The fourth-order valence-electron chi connectivity index (χ4n) is 2.12. The van der Waals surface area contributed by atoms with Crippen LogP contribution in [0.4, 0.5) is 5.69 Å². The molecule has 2 unspecified atom stereocenters. The third-order valence-corrected chi connectivity index (χ3v) is 3.75. The second kappa shape index (κ2) is 7.64. The molecule has 2 aromatic rings. The number of nitrogens with one attached hydrogen (secondary N) is 1. The van der Waals surface area contributed by atoms with Gasteiger partial charge in [0.05, 0.1) is 5.92 Å². The summed E-state index contributed by atoms with van der Waals surface area (Å²) in [4.78, 5) is 23.1. The first kappa shape index (κ1) is 17.5. The highest BCUT2D eigenvalue weighted by atomic mass is 16.5. The van der Waals surface area contributed by atoms with Gasteiger partial charge in [-0.05, 0) is 50.6 Å². The Morgan fingerprint density at radius 1 is 1.00 bits per heavy atom. The Morgan fingerprint density at radius 2 is 1.58 bits per heavy atom. The first-order chi connectivity index (χ1) is 11.4. The van der Waals surface area contributed by atoms with E-state index in [1.807, 2.05) is 31.2 Å². The number of aryl methyl sites for hydroxylation is 1. The van der Waals surface area contributed by atoms with Crippen LogP contribution in [0, 0.1) is 6.92 Å². The minimum absolute atomic E-state index is 0.269. The molecule has 0 fully saturated rings.